The first-order valence-corrected chi connectivity index (χ1v) is 5.56. The van der Waals surface area contributed by atoms with Crippen LogP contribution >= 0.6 is 15.9 Å². The Morgan fingerprint density at radius 1 is 1.62 bits per heavy atom. The number of halogens is 3. The molecule has 0 aliphatic rings. The SMILES string of the molecule is COC(=O)c1nc(C(F)F)c(C)cc1CBr. The maximum Gasteiger partial charge on any atom is 0.356 e. The minimum Gasteiger partial charge on any atom is -0.464 e. The van der Waals surface area contributed by atoms with Crippen LogP contribution in [0.2, 0.25) is 0 Å². The van der Waals surface area contributed by atoms with E-state index in [1.165, 1.54) is 20.1 Å². The molecule has 6 heteroatoms. The highest BCUT2D eigenvalue weighted by Gasteiger charge is 2.20. The molecule has 88 valence electrons. The molecule has 0 saturated carbocycles. The Bertz CT molecular complexity index is 410. The van der Waals surface area contributed by atoms with Gasteiger partial charge in [-0.3, -0.25) is 0 Å². The summed E-state index contributed by atoms with van der Waals surface area (Å²) in [5, 5.41) is 0.356. The number of ether oxygens (including phenoxy) is 1. The van der Waals surface area contributed by atoms with E-state index >= 15 is 0 Å². The molecule has 0 aliphatic carbocycles. The normalized spacial score (nSPS) is 10.6. The molecule has 0 saturated heterocycles. The van der Waals surface area contributed by atoms with E-state index in [1.54, 1.807) is 0 Å². The van der Waals surface area contributed by atoms with Gasteiger partial charge in [0.25, 0.3) is 6.43 Å². The maximum absolute atomic E-state index is 12.6. The fourth-order valence-corrected chi connectivity index (χ4v) is 1.71. The van der Waals surface area contributed by atoms with Gasteiger partial charge in [-0.1, -0.05) is 22.0 Å². The van der Waals surface area contributed by atoms with Crippen LogP contribution in [0.25, 0.3) is 0 Å². The number of methoxy groups -OCH3 is 1. The number of hydrogen-bond acceptors (Lipinski definition) is 3. The van der Waals surface area contributed by atoms with Gasteiger partial charge in [-0.15, -0.1) is 0 Å². The smallest absolute Gasteiger partial charge is 0.356 e. The number of carbonyl (C=O) groups excluding carboxylic acids is 1. The van der Waals surface area contributed by atoms with Gasteiger partial charge in [0, 0.05) is 5.33 Å². The summed E-state index contributed by atoms with van der Waals surface area (Å²) in [6, 6.07) is 1.51. The van der Waals surface area contributed by atoms with Gasteiger partial charge < -0.3 is 4.74 Å². The second-order valence-electron chi connectivity index (χ2n) is 3.12. The van der Waals surface area contributed by atoms with Crippen molar-refractivity contribution in [3.05, 3.63) is 28.6 Å². The molecule has 1 heterocycles. The number of aromatic nitrogens is 1. The number of rotatable bonds is 3. The van der Waals surface area contributed by atoms with Gasteiger partial charge in [0.1, 0.15) is 5.69 Å². The highest BCUT2D eigenvalue weighted by molar-refractivity contribution is 9.08. The molecular formula is C10H10BrF2NO2. The predicted octanol–water partition coefficient (Wildman–Crippen LogP) is 3.01. The van der Waals surface area contributed by atoms with Crippen molar-refractivity contribution in [1.29, 1.82) is 0 Å². The minimum atomic E-state index is -2.70. The van der Waals surface area contributed by atoms with Crippen molar-refractivity contribution in [2.45, 2.75) is 18.7 Å². The van der Waals surface area contributed by atoms with Crippen LogP contribution in [-0.2, 0) is 10.1 Å². The largest absolute Gasteiger partial charge is 0.464 e. The molecule has 1 aromatic rings. The molecule has 0 spiro atoms. The van der Waals surface area contributed by atoms with Crippen molar-refractivity contribution in [1.82, 2.24) is 4.98 Å². The van der Waals surface area contributed by atoms with E-state index in [0.717, 1.165) is 0 Å². The summed E-state index contributed by atoms with van der Waals surface area (Å²) in [4.78, 5) is 15.0. The van der Waals surface area contributed by atoms with Crippen LogP contribution in [0.4, 0.5) is 8.78 Å². The van der Waals surface area contributed by atoms with E-state index in [0.29, 0.717) is 16.5 Å². The third-order valence-corrected chi connectivity index (χ3v) is 2.66. The van der Waals surface area contributed by atoms with Gasteiger partial charge in [0.2, 0.25) is 0 Å². The zero-order valence-corrected chi connectivity index (χ0v) is 10.3. The van der Waals surface area contributed by atoms with Crippen LogP contribution in [-0.4, -0.2) is 18.1 Å². The van der Waals surface area contributed by atoms with Gasteiger partial charge in [0.15, 0.2) is 5.69 Å². The molecule has 0 atom stereocenters. The minimum absolute atomic E-state index is 0.0692. The molecule has 0 unspecified atom stereocenters. The highest BCUT2D eigenvalue weighted by Crippen LogP contribution is 2.24. The van der Waals surface area contributed by atoms with E-state index in [9.17, 15) is 13.6 Å². The third kappa shape index (κ3) is 2.55. The second-order valence-corrected chi connectivity index (χ2v) is 3.68. The van der Waals surface area contributed by atoms with Crippen molar-refractivity contribution in [2.24, 2.45) is 0 Å². The summed E-state index contributed by atoms with van der Waals surface area (Å²) < 4.78 is 29.7. The third-order valence-electron chi connectivity index (χ3n) is 2.06. The van der Waals surface area contributed by atoms with Gasteiger partial charge >= 0.3 is 5.97 Å². The topological polar surface area (TPSA) is 39.2 Å². The fourth-order valence-electron chi connectivity index (χ4n) is 1.28. The van der Waals surface area contributed by atoms with Crippen LogP contribution in [0.1, 0.15) is 33.7 Å². The van der Waals surface area contributed by atoms with Crippen molar-refractivity contribution < 1.29 is 18.3 Å². The summed E-state index contributed by atoms with van der Waals surface area (Å²) in [5.41, 5.74) is 0.441. The Morgan fingerprint density at radius 2 is 2.25 bits per heavy atom. The van der Waals surface area contributed by atoms with Crippen LogP contribution < -0.4 is 0 Å². The molecule has 16 heavy (non-hydrogen) atoms. The Morgan fingerprint density at radius 3 is 2.69 bits per heavy atom. The highest BCUT2D eigenvalue weighted by atomic mass is 79.9. The lowest BCUT2D eigenvalue weighted by Gasteiger charge is -2.10. The molecule has 1 aromatic heterocycles. The fraction of sp³-hybridized carbons (Fsp3) is 0.400. The summed E-state index contributed by atoms with van der Waals surface area (Å²) in [7, 11) is 1.18. The van der Waals surface area contributed by atoms with Gasteiger partial charge in [-0.2, -0.15) is 0 Å². The number of esters is 1. The van der Waals surface area contributed by atoms with Gasteiger partial charge in [-0.05, 0) is 18.1 Å². The van der Waals surface area contributed by atoms with Crippen LogP contribution in [0.5, 0.6) is 0 Å². The summed E-state index contributed by atoms with van der Waals surface area (Å²) in [6.45, 7) is 1.53. The van der Waals surface area contributed by atoms with Crippen molar-refractivity contribution in [2.75, 3.05) is 7.11 Å². The molecule has 1 rings (SSSR count). The summed E-state index contributed by atoms with van der Waals surface area (Å²) >= 11 is 3.17. The van der Waals surface area contributed by atoms with E-state index in [2.05, 4.69) is 25.7 Å². The average Bonchev–Trinajstić information content (AvgIpc) is 2.27. The summed E-state index contributed by atoms with van der Waals surface area (Å²) in [6.07, 6.45) is -2.70. The maximum atomic E-state index is 12.6. The molecule has 0 aromatic carbocycles. The van der Waals surface area contributed by atoms with Crippen LogP contribution in [0.3, 0.4) is 0 Å². The van der Waals surface area contributed by atoms with Gasteiger partial charge in [0.05, 0.1) is 7.11 Å². The van der Waals surface area contributed by atoms with E-state index < -0.39 is 12.4 Å². The number of nitrogens with zero attached hydrogens (tertiary/aromatic N) is 1. The Balaban J connectivity index is 3.34. The molecule has 0 aliphatic heterocycles. The lowest BCUT2D eigenvalue weighted by molar-refractivity contribution is 0.0591. The summed E-state index contributed by atoms with van der Waals surface area (Å²) in [5.74, 6) is -0.712. The van der Waals surface area contributed by atoms with Gasteiger partial charge in [-0.25, -0.2) is 18.6 Å². The number of carbonyl (C=O) groups is 1. The van der Waals surface area contributed by atoms with Crippen LogP contribution in [0, 0.1) is 6.92 Å². The first-order valence-electron chi connectivity index (χ1n) is 4.44. The van der Waals surface area contributed by atoms with Crippen LogP contribution in [0.15, 0.2) is 6.07 Å². The van der Waals surface area contributed by atoms with E-state index in [4.69, 9.17) is 0 Å². The zero-order valence-electron chi connectivity index (χ0n) is 8.76. The Hall–Kier alpha value is -1.04. The molecular weight excluding hydrogens is 284 g/mol. The average molecular weight is 294 g/mol. The lowest BCUT2D eigenvalue weighted by Crippen LogP contribution is -2.11. The predicted molar refractivity (Wildman–Crippen MR) is 57.9 cm³/mol. The molecule has 0 N–H and O–H groups in total. The first-order chi connectivity index (χ1) is 7.51. The number of pyridine rings is 1. The molecule has 3 nitrogen and oxygen atoms in total. The second kappa shape index (κ2) is 5.34. The molecule has 0 amide bonds. The lowest BCUT2D eigenvalue weighted by atomic mass is 10.1. The zero-order chi connectivity index (χ0) is 12.3. The number of alkyl halides is 3. The monoisotopic (exact) mass is 293 g/mol. The standard InChI is InChI=1S/C10H10BrF2NO2/c1-5-3-6(4-11)8(10(15)16-2)14-7(5)9(12)13/h3,9H,4H2,1-2H3. The molecule has 0 fully saturated rings. The Labute approximate surface area is 99.9 Å². The molecule has 0 radical (unpaired) electrons. The van der Waals surface area contributed by atoms with E-state index in [-0.39, 0.29) is 11.4 Å². The number of aryl methyl sites for hydroxylation is 1. The van der Waals surface area contributed by atoms with Crippen molar-refractivity contribution >= 4 is 21.9 Å². The number of hydrogen-bond donors (Lipinski definition) is 0. The van der Waals surface area contributed by atoms with Crippen molar-refractivity contribution in [3.63, 3.8) is 0 Å². The quantitative estimate of drug-likeness (QED) is 0.635. The first kappa shape index (κ1) is 13.0. The molecule has 0 bridgehead atoms. The van der Waals surface area contributed by atoms with E-state index in [1.807, 2.05) is 0 Å². The Kier molecular flexibility index (Phi) is 4.35. The van der Waals surface area contributed by atoms with Crippen molar-refractivity contribution in [3.8, 4) is 0 Å².